The van der Waals surface area contributed by atoms with Crippen molar-refractivity contribution >= 4 is 11.9 Å². The lowest BCUT2D eigenvalue weighted by Gasteiger charge is -2.38. The molecule has 120 valence electrons. The smallest absolute Gasteiger partial charge is 0.312 e. The molecule has 2 atom stereocenters. The molecule has 3 amide bonds. The van der Waals surface area contributed by atoms with Crippen LogP contribution in [0.5, 0.6) is 0 Å². The van der Waals surface area contributed by atoms with Gasteiger partial charge in [-0.2, -0.15) is 0 Å². The Balaban J connectivity index is 1.96. The molecule has 6 nitrogen and oxygen atoms in total. The third-order valence-electron chi connectivity index (χ3n) is 4.80. The molecule has 0 aromatic rings. The lowest BCUT2D eigenvalue weighted by atomic mass is 9.80. The lowest BCUT2D eigenvalue weighted by Crippen LogP contribution is -2.50. The van der Waals surface area contributed by atoms with Gasteiger partial charge in [-0.15, -0.1) is 0 Å². The van der Waals surface area contributed by atoms with Gasteiger partial charge in [-0.05, 0) is 38.1 Å². The van der Waals surface area contributed by atoms with Crippen molar-refractivity contribution in [3.8, 4) is 0 Å². The number of nitrogens with zero attached hydrogens (tertiary/aromatic N) is 1. The van der Waals surface area contributed by atoms with Gasteiger partial charge in [0, 0.05) is 26.2 Å². The van der Waals surface area contributed by atoms with Gasteiger partial charge in [0.1, 0.15) is 0 Å². The Kier molecular flexibility index (Phi) is 5.45. The van der Waals surface area contributed by atoms with E-state index < -0.39 is 6.03 Å². The van der Waals surface area contributed by atoms with Crippen LogP contribution in [0.3, 0.4) is 0 Å². The molecule has 0 aromatic carbocycles. The van der Waals surface area contributed by atoms with Gasteiger partial charge in [-0.1, -0.05) is 13.3 Å². The number of nitrogens with two attached hydrogens (primary N) is 1. The van der Waals surface area contributed by atoms with Crippen molar-refractivity contribution in [2.24, 2.45) is 17.1 Å². The third-order valence-corrected chi connectivity index (χ3v) is 4.80. The van der Waals surface area contributed by atoms with Crippen molar-refractivity contribution in [1.82, 2.24) is 15.5 Å². The van der Waals surface area contributed by atoms with Crippen molar-refractivity contribution in [2.75, 3.05) is 32.7 Å². The number of amides is 3. The van der Waals surface area contributed by atoms with E-state index in [-0.39, 0.29) is 5.41 Å². The fourth-order valence-corrected chi connectivity index (χ4v) is 3.72. The first-order valence-corrected chi connectivity index (χ1v) is 8.11. The largest absolute Gasteiger partial charge is 0.352 e. The molecule has 4 N–H and O–H groups in total. The van der Waals surface area contributed by atoms with E-state index in [0.717, 1.165) is 58.3 Å². The summed E-state index contributed by atoms with van der Waals surface area (Å²) < 4.78 is 0. The first-order chi connectivity index (χ1) is 10.1. The minimum absolute atomic E-state index is 0.201. The fraction of sp³-hybridized carbons (Fsp3) is 0.867. The van der Waals surface area contributed by atoms with Crippen LogP contribution in [0.4, 0.5) is 4.79 Å². The van der Waals surface area contributed by atoms with Crippen LogP contribution in [0.15, 0.2) is 0 Å². The van der Waals surface area contributed by atoms with Crippen LogP contribution in [0, 0.1) is 11.3 Å². The molecule has 2 aliphatic rings. The maximum absolute atomic E-state index is 13.0. The standard InChI is InChI=1S/C15H28N4O2/c1-2-5-15(6-7-17-11-15)13(20)19-8-3-4-12(10-19)9-18-14(16)21/h12,17H,2-11H2,1H3,(H3,16,18,21). The Morgan fingerprint density at radius 2 is 2.29 bits per heavy atom. The van der Waals surface area contributed by atoms with Gasteiger partial charge in [-0.3, -0.25) is 4.79 Å². The van der Waals surface area contributed by atoms with Gasteiger partial charge in [-0.25, -0.2) is 4.79 Å². The molecule has 0 radical (unpaired) electrons. The predicted octanol–water partition coefficient (Wildman–Crippen LogP) is 0.673. The highest BCUT2D eigenvalue weighted by Crippen LogP contribution is 2.34. The molecule has 2 heterocycles. The van der Waals surface area contributed by atoms with Crippen LogP contribution >= 0.6 is 0 Å². The first-order valence-electron chi connectivity index (χ1n) is 8.11. The summed E-state index contributed by atoms with van der Waals surface area (Å²) in [5, 5.41) is 6.02. The summed E-state index contributed by atoms with van der Waals surface area (Å²) in [5.41, 5.74) is 4.92. The second-order valence-electron chi connectivity index (χ2n) is 6.46. The van der Waals surface area contributed by atoms with Gasteiger partial charge in [0.2, 0.25) is 5.91 Å². The summed E-state index contributed by atoms with van der Waals surface area (Å²) in [6, 6.07) is -0.485. The number of hydrogen-bond acceptors (Lipinski definition) is 3. The molecule has 0 bridgehead atoms. The zero-order chi connectivity index (χ0) is 15.3. The molecular weight excluding hydrogens is 268 g/mol. The number of urea groups is 1. The van der Waals surface area contributed by atoms with E-state index in [1.54, 1.807) is 0 Å². The monoisotopic (exact) mass is 296 g/mol. The fourth-order valence-electron chi connectivity index (χ4n) is 3.72. The van der Waals surface area contributed by atoms with E-state index in [9.17, 15) is 9.59 Å². The van der Waals surface area contributed by atoms with Gasteiger partial charge < -0.3 is 21.3 Å². The van der Waals surface area contributed by atoms with Crippen LogP contribution in [-0.2, 0) is 4.79 Å². The number of carbonyl (C=O) groups is 2. The van der Waals surface area contributed by atoms with Crippen molar-refractivity contribution in [1.29, 1.82) is 0 Å². The number of piperidine rings is 1. The molecule has 6 heteroatoms. The number of hydrogen-bond donors (Lipinski definition) is 3. The SMILES string of the molecule is CCCC1(C(=O)N2CCCC(CNC(N)=O)C2)CCNC1. The topological polar surface area (TPSA) is 87.5 Å². The minimum Gasteiger partial charge on any atom is -0.352 e. The predicted molar refractivity (Wildman–Crippen MR) is 81.7 cm³/mol. The molecule has 0 aromatic heterocycles. The summed E-state index contributed by atoms with van der Waals surface area (Å²) in [6.45, 7) is 6.04. The summed E-state index contributed by atoms with van der Waals surface area (Å²) >= 11 is 0. The average Bonchev–Trinajstić information content (AvgIpc) is 2.95. The average molecular weight is 296 g/mol. The minimum atomic E-state index is -0.485. The third kappa shape index (κ3) is 3.87. The second-order valence-corrected chi connectivity index (χ2v) is 6.46. The maximum atomic E-state index is 13.0. The zero-order valence-corrected chi connectivity index (χ0v) is 13.0. The number of carbonyl (C=O) groups excluding carboxylic acids is 2. The van der Waals surface area contributed by atoms with Crippen LogP contribution in [0.1, 0.15) is 39.0 Å². The molecular formula is C15H28N4O2. The van der Waals surface area contributed by atoms with Crippen molar-refractivity contribution in [3.63, 3.8) is 0 Å². The van der Waals surface area contributed by atoms with Crippen LogP contribution in [0.25, 0.3) is 0 Å². The second kappa shape index (κ2) is 7.11. The molecule has 2 fully saturated rings. The molecule has 0 aliphatic carbocycles. The highest BCUT2D eigenvalue weighted by Gasteiger charge is 2.43. The highest BCUT2D eigenvalue weighted by molar-refractivity contribution is 5.83. The Bertz CT molecular complexity index is 380. The van der Waals surface area contributed by atoms with Gasteiger partial charge in [0.25, 0.3) is 0 Å². The molecule has 2 aliphatic heterocycles. The summed E-state index contributed by atoms with van der Waals surface area (Å²) in [6.07, 6.45) is 4.99. The lowest BCUT2D eigenvalue weighted by molar-refractivity contribution is -0.143. The van der Waals surface area contributed by atoms with E-state index in [1.165, 1.54) is 0 Å². The van der Waals surface area contributed by atoms with E-state index >= 15 is 0 Å². The van der Waals surface area contributed by atoms with Crippen LogP contribution in [0.2, 0.25) is 0 Å². The van der Waals surface area contributed by atoms with E-state index in [2.05, 4.69) is 17.6 Å². The molecule has 2 unspecified atom stereocenters. The normalized spacial score (nSPS) is 29.4. The number of nitrogens with one attached hydrogen (secondary N) is 2. The quantitative estimate of drug-likeness (QED) is 0.697. The summed E-state index contributed by atoms with van der Waals surface area (Å²) in [7, 11) is 0. The molecule has 2 rings (SSSR count). The van der Waals surface area contributed by atoms with E-state index in [1.807, 2.05) is 4.90 Å². The molecule has 0 spiro atoms. The number of rotatable bonds is 5. The zero-order valence-electron chi connectivity index (χ0n) is 13.0. The summed E-state index contributed by atoms with van der Waals surface area (Å²) in [5.74, 6) is 0.626. The van der Waals surface area contributed by atoms with Crippen molar-refractivity contribution in [2.45, 2.75) is 39.0 Å². The Morgan fingerprint density at radius 3 is 2.90 bits per heavy atom. The highest BCUT2D eigenvalue weighted by atomic mass is 16.2. The first kappa shape index (κ1) is 16.1. The van der Waals surface area contributed by atoms with E-state index in [4.69, 9.17) is 5.73 Å². The number of likely N-dealkylation sites (tertiary alicyclic amines) is 1. The molecule has 0 saturated carbocycles. The summed E-state index contributed by atoms with van der Waals surface area (Å²) in [4.78, 5) is 25.8. The van der Waals surface area contributed by atoms with E-state index in [0.29, 0.717) is 18.4 Å². The molecule has 2 saturated heterocycles. The van der Waals surface area contributed by atoms with Gasteiger partial charge in [0.15, 0.2) is 0 Å². The Morgan fingerprint density at radius 1 is 1.48 bits per heavy atom. The van der Waals surface area contributed by atoms with Crippen LogP contribution < -0.4 is 16.4 Å². The Hall–Kier alpha value is -1.30. The van der Waals surface area contributed by atoms with Crippen molar-refractivity contribution < 1.29 is 9.59 Å². The number of primary amides is 1. The van der Waals surface area contributed by atoms with Gasteiger partial charge >= 0.3 is 6.03 Å². The van der Waals surface area contributed by atoms with Gasteiger partial charge in [0.05, 0.1) is 5.41 Å². The molecule has 21 heavy (non-hydrogen) atoms. The maximum Gasteiger partial charge on any atom is 0.312 e. The Labute approximate surface area is 126 Å². The van der Waals surface area contributed by atoms with Crippen molar-refractivity contribution in [3.05, 3.63) is 0 Å². The van der Waals surface area contributed by atoms with Crippen LogP contribution in [-0.4, -0.2) is 49.6 Å².